The SMILES string of the molecule is COc1cccc(-n2cc(CN(C)C(=O)CCc3cccs3)cn2)c1. The van der Waals surface area contributed by atoms with Gasteiger partial charge in [-0.1, -0.05) is 12.1 Å². The predicted molar refractivity (Wildman–Crippen MR) is 99.2 cm³/mol. The highest BCUT2D eigenvalue weighted by Gasteiger charge is 2.11. The van der Waals surface area contributed by atoms with Gasteiger partial charge in [0.05, 0.1) is 19.0 Å². The zero-order valence-corrected chi connectivity index (χ0v) is 15.2. The van der Waals surface area contributed by atoms with Crippen molar-refractivity contribution in [2.24, 2.45) is 0 Å². The molecule has 0 atom stereocenters. The van der Waals surface area contributed by atoms with E-state index >= 15 is 0 Å². The van der Waals surface area contributed by atoms with Gasteiger partial charge in [0.25, 0.3) is 0 Å². The predicted octanol–water partition coefficient (Wildman–Crippen LogP) is 3.53. The van der Waals surface area contributed by atoms with Crippen molar-refractivity contribution in [2.45, 2.75) is 19.4 Å². The maximum absolute atomic E-state index is 12.3. The standard InChI is InChI=1S/C19H21N3O2S/c1-21(19(23)9-8-18-7-4-10-25-18)13-15-12-20-22(14-15)16-5-3-6-17(11-16)24-2/h3-7,10-12,14H,8-9,13H2,1-2H3. The number of thiophene rings is 1. The highest BCUT2D eigenvalue weighted by atomic mass is 32.1. The number of methoxy groups -OCH3 is 1. The van der Waals surface area contributed by atoms with E-state index in [-0.39, 0.29) is 5.91 Å². The van der Waals surface area contributed by atoms with E-state index in [0.29, 0.717) is 13.0 Å². The average molecular weight is 355 g/mol. The molecule has 3 aromatic rings. The number of hydrogen-bond donors (Lipinski definition) is 0. The molecule has 130 valence electrons. The Hall–Kier alpha value is -2.60. The minimum atomic E-state index is 0.141. The van der Waals surface area contributed by atoms with E-state index in [2.05, 4.69) is 11.2 Å². The second kappa shape index (κ2) is 7.98. The number of benzene rings is 1. The van der Waals surface area contributed by atoms with Gasteiger partial charge in [-0.3, -0.25) is 4.79 Å². The Morgan fingerprint density at radius 2 is 2.20 bits per heavy atom. The van der Waals surface area contributed by atoms with Crippen LogP contribution < -0.4 is 4.74 Å². The number of carbonyl (C=O) groups excluding carboxylic acids is 1. The largest absolute Gasteiger partial charge is 0.497 e. The molecule has 3 rings (SSSR count). The van der Waals surface area contributed by atoms with Gasteiger partial charge in [0.15, 0.2) is 0 Å². The van der Waals surface area contributed by atoms with Gasteiger partial charge in [-0.2, -0.15) is 5.10 Å². The zero-order valence-electron chi connectivity index (χ0n) is 14.4. The van der Waals surface area contributed by atoms with Crippen LogP contribution in [0.1, 0.15) is 16.9 Å². The van der Waals surface area contributed by atoms with Crippen LogP contribution in [0.2, 0.25) is 0 Å². The van der Waals surface area contributed by atoms with Crippen LogP contribution in [0.25, 0.3) is 5.69 Å². The Labute approximate surface area is 151 Å². The first-order chi connectivity index (χ1) is 12.2. The molecule has 25 heavy (non-hydrogen) atoms. The molecule has 5 nitrogen and oxygen atoms in total. The van der Waals surface area contributed by atoms with Crippen LogP contribution in [-0.2, 0) is 17.8 Å². The summed E-state index contributed by atoms with van der Waals surface area (Å²) >= 11 is 1.69. The number of nitrogens with zero attached hydrogens (tertiary/aromatic N) is 3. The fourth-order valence-corrected chi connectivity index (χ4v) is 3.28. The van der Waals surface area contributed by atoms with Crippen LogP contribution in [-0.4, -0.2) is 34.7 Å². The van der Waals surface area contributed by atoms with E-state index in [9.17, 15) is 4.79 Å². The molecular weight excluding hydrogens is 334 g/mol. The fraction of sp³-hybridized carbons (Fsp3) is 0.263. The van der Waals surface area contributed by atoms with Crippen LogP contribution >= 0.6 is 11.3 Å². The van der Waals surface area contributed by atoms with Crippen molar-refractivity contribution in [2.75, 3.05) is 14.2 Å². The Morgan fingerprint density at radius 1 is 1.32 bits per heavy atom. The van der Waals surface area contributed by atoms with Gasteiger partial charge in [0.1, 0.15) is 5.75 Å². The Bertz CT molecular complexity index is 827. The molecule has 0 N–H and O–H groups in total. The van der Waals surface area contributed by atoms with Crippen LogP contribution in [0.5, 0.6) is 5.75 Å². The molecule has 6 heteroatoms. The molecule has 0 saturated carbocycles. The molecular formula is C19H21N3O2S. The summed E-state index contributed by atoms with van der Waals surface area (Å²) in [4.78, 5) is 15.3. The van der Waals surface area contributed by atoms with Gasteiger partial charge in [-0.05, 0) is 30.0 Å². The monoisotopic (exact) mass is 355 g/mol. The second-order valence-electron chi connectivity index (χ2n) is 5.82. The van der Waals surface area contributed by atoms with E-state index < -0.39 is 0 Å². The van der Waals surface area contributed by atoms with Crippen LogP contribution in [0.4, 0.5) is 0 Å². The fourth-order valence-electron chi connectivity index (χ4n) is 2.57. The molecule has 2 heterocycles. The number of amides is 1. The highest BCUT2D eigenvalue weighted by molar-refractivity contribution is 7.09. The molecule has 0 unspecified atom stereocenters. The number of aromatic nitrogens is 2. The summed E-state index contributed by atoms with van der Waals surface area (Å²) in [6.07, 6.45) is 5.06. The third-order valence-electron chi connectivity index (χ3n) is 3.96. The molecule has 1 amide bonds. The number of aryl methyl sites for hydroxylation is 1. The van der Waals surface area contributed by atoms with Crippen molar-refractivity contribution in [1.82, 2.24) is 14.7 Å². The first-order valence-electron chi connectivity index (χ1n) is 8.10. The van der Waals surface area contributed by atoms with Crippen molar-refractivity contribution in [3.8, 4) is 11.4 Å². The molecule has 0 aliphatic heterocycles. The maximum Gasteiger partial charge on any atom is 0.222 e. The average Bonchev–Trinajstić information content (AvgIpc) is 3.31. The molecule has 2 aromatic heterocycles. The molecule has 0 aliphatic rings. The lowest BCUT2D eigenvalue weighted by molar-refractivity contribution is -0.130. The minimum Gasteiger partial charge on any atom is -0.497 e. The Morgan fingerprint density at radius 3 is 2.96 bits per heavy atom. The molecule has 0 spiro atoms. The first-order valence-corrected chi connectivity index (χ1v) is 8.98. The summed E-state index contributed by atoms with van der Waals surface area (Å²) in [6, 6.07) is 11.8. The molecule has 0 aliphatic carbocycles. The highest BCUT2D eigenvalue weighted by Crippen LogP contribution is 2.17. The van der Waals surface area contributed by atoms with Crippen LogP contribution in [0.15, 0.2) is 54.2 Å². The number of ether oxygens (including phenoxy) is 1. The number of carbonyl (C=O) groups is 1. The molecule has 0 bridgehead atoms. The van der Waals surface area contributed by atoms with Gasteiger partial charge in [-0.25, -0.2) is 4.68 Å². The van der Waals surface area contributed by atoms with Crippen molar-refractivity contribution >= 4 is 17.2 Å². The van der Waals surface area contributed by atoms with E-state index in [0.717, 1.165) is 23.4 Å². The van der Waals surface area contributed by atoms with E-state index in [1.807, 2.05) is 49.0 Å². The number of rotatable bonds is 7. The number of hydrogen-bond acceptors (Lipinski definition) is 4. The molecule has 0 saturated heterocycles. The summed E-state index contributed by atoms with van der Waals surface area (Å²) in [7, 11) is 3.48. The first kappa shape index (κ1) is 17.2. The van der Waals surface area contributed by atoms with Gasteiger partial charge in [0, 0.05) is 42.7 Å². The van der Waals surface area contributed by atoms with Gasteiger partial charge < -0.3 is 9.64 Å². The summed E-state index contributed by atoms with van der Waals surface area (Å²) in [5.41, 5.74) is 1.92. The topological polar surface area (TPSA) is 47.4 Å². The van der Waals surface area contributed by atoms with Gasteiger partial charge in [-0.15, -0.1) is 11.3 Å². The normalized spacial score (nSPS) is 10.6. The van der Waals surface area contributed by atoms with Gasteiger partial charge >= 0.3 is 0 Å². The smallest absolute Gasteiger partial charge is 0.222 e. The van der Waals surface area contributed by atoms with Crippen LogP contribution in [0.3, 0.4) is 0 Å². The summed E-state index contributed by atoms with van der Waals surface area (Å²) < 4.78 is 7.04. The second-order valence-corrected chi connectivity index (χ2v) is 6.86. The van der Waals surface area contributed by atoms with Gasteiger partial charge in [0.2, 0.25) is 5.91 Å². The lowest BCUT2D eigenvalue weighted by Crippen LogP contribution is -2.26. The van der Waals surface area contributed by atoms with Crippen molar-refractivity contribution < 1.29 is 9.53 Å². The summed E-state index contributed by atoms with van der Waals surface area (Å²) in [5, 5.41) is 6.42. The van der Waals surface area contributed by atoms with Crippen molar-refractivity contribution in [3.63, 3.8) is 0 Å². The summed E-state index contributed by atoms with van der Waals surface area (Å²) in [6.45, 7) is 0.549. The third-order valence-corrected chi connectivity index (χ3v) is 4.90. The van der Waals surface area contributed by atoms with Crippen molar-refractivity contribution in [1.29, 1.82) is 0 Å². The lowest BCUT2D eigenvalue weighted by atomic mass is 10.2. The Balaban J connectivity index is 1.59. The third kappa shape index (κ3) is 4.48. The molecule has 0 fully saturated rings. The van der Waals surface area contributed by atoms with Crippen molar-refractivity contribution in [3.05, 3.63) is 64.6 Å². The van der Waals surface area contributed by atoms with E-state index in [1.54, 1.807) is 34.2 Å². The molecule has 0 radical (unpaired) electrons. The van der Waals surface area contributed by atoms with Crippen LogP contribution in [0, 0.1) is 0 Å². The quantitative estimate of drug-likeness (QED) is 0.651. The van der Waals surface area contributed by atoms with E-state index in [4.69, 9.17) is 4.74 Å². The maximum atomic E-state index is 12.3. The Kier molecular flexibility index (Phi) is 5.50. The summed E-state index contributed by atoms with van der Waals surface area (Å²) in [5.74, 6) is 0.929. The lowest BCUT2D eigenvalue weighted by Gasteiger charge is -2.15. The molecule has 1 aromatic carbocycles. The zero-order chi connectivity index (χ0) is 17.6. The minimum absolute atomic E-state index is 0.141. The van der Waals surface area contributed by atoms with E-state index in [1.165, 1.54) is 4.88 Å².